The third kappa shape index (κ3) is 3.87. The highest BCUT2D eigenvalue weighted by Gasteiger charge is 2.56. The first kappa shape index (κ1) is 22.5. The van der Waals surface area contributed by atoms with Gasteiger partial charge in [-0.25, -0.2) is 0 Å². The lowest BCUT2D eigenvalue weighted by Gasteiger charge is -2.37. The molecule has 3 aromatic carbocycles. The minimum Gasteiger partial charge on any atom is -0.490 e. The highest BCUT2D eigenvalue weighted by Crippen LogP contribution is 2.49. The molecule has 7 rings (SSSR count). The number of fused-ring (bicyclic) bond motifs is 2. The van der Waals surface area contributed by atoms with Gasteiger partial charge < -0.3 is 9.47 Å². The Kier molecular flexibility index (Phi) is 5.80. The summed E-state index contributed by atoms with van der Waals surface area (Å²) in [6.07, 6.45) is 7.71. The van der Waals surface area contributed by atoms with E-state index in [1.807, 2.05) is 43.3 Å². The molecular weight excluding hydrogens is 452 g/mol. The summed E-state index contributed by atoms with van der Waals surface area (Å²) in [5.41, 5.74) is 1.82. The fourth-order valence-electron chi connectivity index (χ4n) is 5.86. The van der Waals surface area contributed by atoms with Gasteiger partial charge in [0.2, 0.25) is 0 Å². The minimum absolute atomic E-state index is 0.152. The SMILES string of the molecule is CCOc1cc(/C=N\N2C(=O)[C@@H]3[C@H](C2=O)[C@@H]2C=C[C@H]3CC2)ccc1OCc1cccc2ccccc12. The molecule has 2 fully saturated rings. The van der Waals surface area contributed by atoms with E-state index in [0.29, 0.717) is 24.7 Å². The molecule has 0 spiro atoms. The first-order chi connectivity index (χ1) is 17.6. The molecule has 0 unspecified atom stereocenters. The monoisotopic (exact) mass is 480 g/mol. The van der Waals surface area contributed by atoms with Crippen LogP contribution in [0.2, 0.25) is 0 Å². The van der Waals surface area contributed by atoms with Gasteiger partial charge in [0.25, 0.3) is 11.8 Å². The van der Waals surface area contributed by atoms with Gasteiger partial charge in [-0.3, -0.25) is 9.59 Å². The van der Waals surface area contributed by atoms with Gasteiger partial charge in [0, 0.05) is 0 Å². The third-order valence-electron chi connectivity index (χ3n) is 7.59. The van der Waals surface area contributed by atoms with E-state index in [1.54, 1.807) is 6.21 Å². The van der Waals surface area contributed by atoms with Crippen molar-refractivity contribution in [2.75, 3.05) is 6.61 Å². The zero-order valence-corrected chi connectivity index (χ0v) is 20.2. The average Bonchev–Trinajstić information content (AvgIpc) is 3.19. The van der Waals surface area contributed by atoms with Crippen molar-refractivity contribution < 1.29 is 19.1 Å². The summed E-state index contributed by atoms with van der Waals surface area (Å²) in [6, 6.07) is 19.9. The number of carbonyl (C=O) groups is 2. The second kappa shape index (κ2) is 9.26. The smallest absolute Gasteiger partial charge is 0.254 e. The Labute approximate surface area is 210 Å². The van der Waals surface area contributed by atoms with Gasteiger partial charge in [0.05, 0.1) is 24.7 Å². The second-order valence-corrected chi connectivity index (χ2v) is 9.64. The number of benzene rings is 3. The molecule has 1 heterocycles. The fraction of sp³-hybridized carbons (Fsp3) is 0.300. The summed E-state index contributed by atoms with van der Waals surface area (Å²) in [5, 5.41) is 7.73. The standard InChI is InChI=1S/C30H28N2O4/c1-2-35-26-16-19(10-15-25(26)36-18-23-8-5-7-20-6-3-4-9-24(20)23)17-31-32-29(33)27-21-11-12-22(14-13-21)28(27)30(32)34/h3-12,15-17,21-22,27-28H,2,13-14,18H2,1H3/b31-17-/t21-,22+,27-,28+. The molecule has 2 amide bonds. The Morgan fingerprint density at radius 2 is 1.61 bits per heavy atom. The molecule has 6 heteroatoms. The van der Waals surface area contributed by atoms with E-state index < -0.39 is 0 Å². The number of nitrogens with zero attached hydrogens (tertiary/aromatic N) is 2. The summed E-state index contributed by atoms with van der Waals surface area (Å²) < 4.78 is 12.0. The van der Waals surface area contributed by atoms with Gasteiger partial charge in [0.1, 0.15) is 6.61 Å². The van der Waals surface area contributed by atoms with Gasteiger partial charge >= 0.3 is 0 Å². The highest BCUT2D eigenvalue weighted by molar-refractivity contribution is 6.06. The molecule has 36 heavy (non-hydrogen) atoms. The van der Waals surface area contributed by atoms with E-state index in [4.69, 9.17) is 9.47 Å². The maximum atomic E-state index is 13.0. The highest BCUT2D eigenvalue weighted by atomic mass is 16.5. The summed E-state index contributed by atoms with van der Waals surface area (Å²) in [5.74, 6) is 0.643. The predicted octanol–water partition coefficient (Wildman–Crippen LogP) is 5.35. The summed E-state index contributed by atoms with van der Waals surface area (Å²) in [6.45, 7) is 2.80. The molecule has 3 aromatic rings. The molecule has 1 saturated carbocycles. The van der Waals surface area contributed by atoms with Gasteiger partial charge in [-0.2, -0.15) is 10.1 Å². The van der Waals surface area contributed by atoms with E-state index in [-0.39, 0.29) is 35.5 Å². The summed E-state index contributed by atoms with van der Waals surface area (Å²) in [7, 11) is 0. The molecule has 6 nitrogen and oxygen atoms in total. The van der Waals surface area contributed by atoms with Crippen LogP contribution in [0.5, 0.6) is 11.5 Å². The van der Waals surface area contributed by atoms with Crippen LogP contribution in [0.15, 0.2) is 77.9 Å². The van der Waals surface area contributed by atoms with Crippen LogP contribution in [-0.2, 0) is 16.2 Å². The second-order valence-electron chi connectivity index (χ2n) is 9.64. The fourth-order valence-corrected chi connectivity index (χ4v) is 5.86. The van der Waals surface area contributed by atoms with Crippen molar-refractivity contribution in [1.82, 2.24) is 5.01 Å². The van der Waals surface area contributed by atoms with E-state index in [9.17, 15) is 9.59 Å². The largest absolute Gasteiger partial charge is 0.490 e. The number of imide groups is 1. The Hall–Kier alpha value is -3.93. The molecule has 0 aromatic heterocycles. The lowest BCUT2D eigenvalue weighted by atomic mass is 9.63. The van der Waals surface area contributed by atoms with Crippen LogP contribution in [0.25, 0.3) is 10.8 Å². The zero-order valence-electron chi connectivity index (χ0n) is 20.2. The van der Waals surface area contributed by atoms with E-state index in [0.717, 1.165) is 34.4 Å². The Morgan fingerprint density at radius 3 is 2.33 bits per heavy atom. The summed E-state index contributed by atoms with van der Waals surface area (Å²) in [4.78, 5) is 26.0. The van der Waals surface area contributed by atoms with Gasteiger partial charge in [-0.15, -0.1) is 0 Å². The third-order valence-corrected chi connectivity index (χ3v) is 7.59. The van der Waals surface area contributed by atoms with Gasteiger partial charge in [-0.05, 0) is 71.7 Å². The summed E-state index contributed by atoms with van der Waals surface area (Å²) >= 11 is 0. The van der Waals surface area contributed by atoms with Gasteiger partial charge in [-0.1, -0.05) is 54.6 Å². The Balaban J connectivity index is 1.20. The lowest BCUT2D eigenvalue weighted by molar-refractivity contribution is -0.140. The molecular formula is C30H28N2O4. The molecule has 0 radical (unpaired) electrons. The van der Waals surface area contributed by atoms with Crippen LogP contribution in [0, 0.1) is 23.7 Å². The van der Waals surface area contributed by atoms with Crippen LogP contribution < -0.4 is 9.47 Å². The van der Waals surface area contributed by atoms with Crippen molar-refractivity contribution in [1.29, 1.82) is 0 Å². The lowest BCUT2D eigenvalue weighted by Crippen LogP contribution is -2.38. The van der Waals surface area contributed by atoms with E-state index >= 15 is 0 Å². The van der Waals surface area contributed by atoms with Crippen LogP contribution in [0.3, 0.4) is 0 Å². The molecule has 1 saturated heterocycles. The average molecular weight is 481 g/mol. The van der Waals surface area contributed by atoms with Crippen molar-refractivity contribution in [3.05, 3.63) is 83.9 Å². The minimum atomic E-state index is -0.262. The maximum Gasteiger partial charge on any atom is 0.254 e. The number of allylic oxidation sites excluding steroid dienone is 2. The maximum absolute atomic E-state index is 13.0. The van der Waals surface area contributed by atoms with Crippen molar-refractivity contribution in [2.24, 2.45) is 28.8 Å². The first-order valence-corrected chi connectivity index (χ1v) is 12.6. The van der Waals surface area contributed by atoms with Crippen molar-refractivity contribution in [3.63, 3.8) is 0 Å². The number of rotatable bonds is 7. The normalized spacial score (nSPS) is 24.6. The molecule has 1 aliphatic heterocycles. The molecule has 4 aliphatic rings. The molecule has 4 atom stereocenters. The number of carbonyl (C=O) groups excluding carboxylic acids is 2. The quantitative estimate of drug-likeness (QED) is 0.260. The zero-order chi connectivity index (χ0) is 24.6. The first-order valence-electron chi connectivity index (χ1n) is 12.6. The number of amides is 2. The molecule has 3 aliphatic carbocycles. The number of hydrazone groups is 1. The van der Waals surface area contributed by atoms with Crippen LogP contribution >= 0.6 is 0 Å². The van der Waals surface area contributed by atoms with Crippen molar-refractivity contribution in [2.45, 2.75) is 26.4 Å². The van der Waals surface area contributed by atoms with E-state index in [1.165, 1.54) is 5.39 Å². The number of ether oxygens (including phenoxy) is 2. The van der Waals surface area contributed by atoms with Crippen LogP contribution in [-0.4, -0.2) is 29.6 Å². The predicted molar refractivity (Wildman–Crippen MR) is 138 cm³/mol. The molecule has 182 valence electrons. The van der Waals surface area contributed by atoms with Crippen LogP contribution in [0.1, 0.15) is 30.9 Å². The van der Waals surface area contributed by atoms with Crippen molar-refractivity contribution in [3.8, 4) is 11.5 Å². The Morgan fingerprint density at radius 1 is 0.889 bits per heavy atom. The molecule has 2 bridgehead atoms. The molecule has 0 N–H and O–H groups in total. The Bertz CT molecular complexity index is 1360. The van der Waals surface area contributed by atoms with Crippen molar-refractivity contribution >= 4 is 28.8 Å². The topological polar surface area (TPSA) is 68.2 Å². The van der Waals surface area contributed by atoms with E-state index in [2.05, 4.69) is 41.5 Å². The van der Waals surface area contributed by atoms with Gasteiger partial charge in [0.15, 0.2) is 11.5 Å². The number of hydrogen-bond acceptors (Lipinski definition) is 5. The van der Waals surface area contributed by atoms with Crippen LogP contribution in [0.4, 0.5) is 0 Å². The number of hydrogen-bond donors (Lipinski definition) is 0.